The zero-order valence-corrected chi connectivity index (χ0v) is 12.6. The average Bonchev–Trinajstić information content (AvgIpc) is 2.46. The topological polar surface area (TPSA) is 40.5 Å². The van der Waals surface area contributed by atoms with E-state index in [1.807, 2.05) is 30.3 Å². The number of anilines is 1. The largest absolute Gasteiger partial charge is 0.465 e. The predicted molar refractivity (Wildman–Crippen MR) is 84.4 cm³/mol. The number of nitrogens with zero attached hydrogens (tertiary/aromatic N) is 1. The van der Waals surface area contributed by atoms with E-state index in [-0.39, 0.29) is 0 Å². The summed E-state index contributed by atoms with van der Waals surface area (Å²) in [6, 6.07) is 9.34. The lowest BCUT2D eigenvalue weighted by Crippen LogP contribution is -2.30. The van der Waals surface area contributed by atoms with E-state index in [4.69, 9.17) is 0 Å². The minimum Gasteiger partial charge on any atom is -0.465 e. The Hall–Kier alpha value is -1.51. The van der Waals surface area contributed by atoms with Gasteiger partial charge in [-0.25, -0.2) is 4.79 Å². The molecular formula is C17H27NO2. The summed E-state index contributed by atoms with van der Waals surface area (Å²) >= 11 is 0. The number of unbranched alkanes of at least 4 members (excludes halogenated alkanes) is 7. The Balaban J connectivity index is 2.19. The number of para-hydroxylation sites is 1. The number of hydrogen-bond acceptors (Lipinski definition) is 1. The second kappa shape index (κ2) is 10.3. The van der Waals surface area contributed by atoms with Gasteiger partial charge in [0.25, 0.3) is 0 Å². The van der Waals surface area contributed by atoms with Crippen LogP contribution in [-0.2, 0) is 0 Å². The number of carbonyl (C=O) groups is 1. The Morgan fingerprint density at radius 3 is 2.05 bits per heavy atom. The van der Waals surface area contributed by atoms with Crippen molar-refractivity contribution in [3.63, 3.8) is 0 Å². The fourth-order valence-corrected chi connectivity index (χ4v) is 2.35. The van der Waals surface area contributed by atoms with Crippen LogP contribution in [0.1, 0.15) is 58.3 Å². The molecule has 0 radical (unpaired) electrons. The summed E-state index contributed by atoms with van der Waals surface area (Å²) in [6.07, 6.45) is 8.95. The molecule has 1 aromatic rings. The first-order valence-corrected chi connectivity index (χ1v) is 7.81. The van der Waals surface area contributed by atoms with Gasteiger partial charge in [-0.05, 0) is 18.6 Å². The molecule has 0 aromatic heterocycles. The van der Waals surface area contributed by atoms with Gasteiger partial charge >= 0.3 is 6.09 Å². The van der Waals surface area contributed by atoms with Crippen molar-refractivity contribution in [2.75, 3.05) is 11.4 Å². The van der Waals surface area contributed by atoms with Gasteiger partial charge in [0.05, 0.1) is 0 Å². The normalized spacial score (nSPS) is 10.4. The van der Waals surface area contributed by atoms with Crippen LogP contribution in [0.5, 0.6) is 0 Å². The molecular weight excluding hydrogens is 250 g/mol. The summed E-state index contributed by atoms with van der Waals surface area (Å²) in [5.74, 6) is 0. The zero-order chi connectivity index (χ0) is 14.6. The van der Waals surface area contributed by atoms with Crippen LogP contribution in [0.25, 0.3) is 0 Å². The lowest BCUT2D eigenvalue weighted by molar-refractivity contribution is 0.201. The molecule has 0 aliphatic heterocycles. The number of hydrogen-bond donors (Lipinski definition) is 1. The van der Waals surface area contributed by atoms with Crippen molar-refractivity contribution in [3.05, 3.63) is 30.3 Å². The van der Waals surface area contributed by atoms with E-state index in [1.165, 1.54) is 43.4 Å². The minimum absolute atomic E-state index is 0.592. The lowest BCUT2D eigenvalue weighted by Gasteiger charge is -2.19. The van der Waals surface area contributed by atoms with E-state index in [1.54, 1.807) is 0 Å². The molecule has 3 heteroatoms. The Kier molecular flexibility index (Phi) is 8.52. The molecule has 0 fully saturated rings. The Bertz CT molecular complexity index is 365. The lowest BCUT2D eigenvalue weighted by atomic mass is 10.1. The molecule has 0 unspecified atom stereocenters. The van der Waals surface area contributed by atoms with Crippen LogP contribution in [0.3, 0.4) is 0 Å². The zero-order valence-electron chi connectivity index (χ0n) is 12.6. The number of rotatable bonds is 10. The molecule has 0 aliphatic rings. The quantitative estimate of drug-likeness (QED) is 0.589. The first-order valence-electron chi connectivity index (χ1n) is 7.81. The molecule has 1 rings (SSSR count). The van der Waals surface area contributed by atoms with Gasteiger partial charge in [-0.2, -0.15) is 0 Å². The van der Waals surface area contributed by atoms with Gasteiger partial charge in [-0.1, -0.05) is 70.1 Å². The predicted octanol–water partition coefficient (Wildman–Crippen LogP) is 5.31. The fourth-order valence-electron chi connectivity index (χ4n) is 2.35. The van der Waals surface area contributed by atoms with E-state index >= 15 is 0 Å². The number of amides is 1. The molecule has 1 aromatic carbocycles. The maximum Gasteiger partial charge on any atom is 0.411 e. The highest BCUT2D eigenvalue weighted by Gasteiger charge is 2.12. The Morgan fingerprint density at radius 1 is 0.950 bits per heavy atom. The molecule has 20 heavy (non-hydrogen) atoms. The summed E-state index contributed by atoms with van der Waals surface area (Å²) < 4.78 is 0. The minimum atomic E-state index is -0.862. The Morgan fingerprint density at radius 2 is 1.50 bits per heavy atom. The van der Waals surface area contributed by atoms with Crippen molar-refractivity contribution in [2.24, 2.45) is 0 Å². The van der Waals surface area contributed by atoms with Crippen LogP contribution in [-0.4, -0.2) is 17.7 Å². The molecule has 0 saturated heterocycles. The third-order valence-electron chi connectivity index (χ3n) is 3.53. The second-order valence-corrected chi connectivity index (χ2v) is 5.24. The van der Waals surface area contributed by atoms with E-state index in [9.17, 15) is 9.90 Å². The van der Waals surface area contributed by atoms with Gasteiger partial charge < -0.3 is 5.11 Å². The molecule has 1 N–H and O–H groups in total. The maximum absolute atomic E-state index is 11.3. The first kappa shape index (κ1) is 16.5. The summed E-state index contributed by atoms with van der Waals surface area (Å²) in [4.78, 5) is 12.7. The molecule has 0 atom stereocenters. The number of benzene rings is 1. The summed E-state index contributed by atoms with van der Waals surface area (Å²) in [5.41, 5.74) is 0.767. The molecule has 0 saturated carbocycles. The monoisotopic (exact) mass is 277 g/mol. The van der Waals surface area contributed by atoms with Gasteiger partial charge in [0.15, 0.2) is 0 Å². The van der Waals surface area contributed by atoms with Crippen molar-refractivity contribution in [3.8, 4) is 0 Å². The third-order valence-corrected chi connectivity index (χ3v) is 3.53. The van der Waals surface area contributed by atoms with Crippen molar-refractivity contribution >= 4 is 11.8 Å². The summed E-state index contributed by atoms with van der Waals surface area (Å²) in [6.45, 7) is 2.82. The second-order valence-electron chi connectivity index (χ2n) is 5.24. The third kappa shape index (κ3) is 6.60. The van der Waals surface area contributed by atoms with Gasteiger partial charge in [-0.3, -0.25) is 4.90 Å². The molecule has 1 amide bonds. The van der Waals surface area contributed by atoms with E-state index in [2.05, 4.69) is 6.92 Å². The van der Waals surface area contributed by atoms with Gasteiger partial charge in [0.1, 0.15) is 0 Å². The van der Waals surface area contributed by atoms with Crippen LogP contribution < -0.4 is 4.90 Å². The van der Waals surface area contributed by atoms with Crippen LogP contribution in [0.2, 0.25) is 0 Å². The Labute approximate surface area is 122 Å². The van der Waals surface area contributed by atoms with E-state index < -0.39 is 6.09 Å². The standard InChI is InChI=1S/C17H27NO2/c1-2-3-4-5-6-7-8-12-15-18(17(19)20)16-13-10-9-11-14-16/h9-11,13-14H,2-8,12,15H2,1H3,(H,19,20). The molecule has 0 aliphatic carbocycles. The van der Waals surface area contributed by atoms with Gasteiger partial charge in [-0.15, -0.1) is 0 Å². The molecule has 0 heterocycles. The van der Waals surface area contributed by atoms with Crippen LogP contribution in [0, 0.1) is 0 Å². The highest BCUT2D eigenvalue weighted by molar-refractivity contribution is 5.85. The summed E-state index contributed by atoms with van der Waals surface area (Å²) in [5, 5.41) is 9.25. The summed E-state index contributed by atoms with van der Waals surface area (Å²) in [7, 11) is 0. The smallest absolute Gasteiger partial charge is 0.411 e. The van der Waals surface area contributed by atoms with Gasteiger partial charge in [0.2, 0.25) is 0 Å². The molecule has 0 spiro atoms. The molecule has 3 nitrogen and oxygen atoms in total. The van der Waals surface area contributed by atoms with Crippen molar-refractivity contribution in [2.45, 2.75) is 58.3 Å². The number of carboxylic acid groups (broad SMARTS) is 1. The van der Waals surface area contributed by atoms with Crippen molar-refractivity contribution in [1.29, 1.82) is 0 Å². The van der Waals surface area contributed by atoms with E-state index in [0.29, 0.717) is 6.54 Å². The van der Waals surface area contributed by atoms with Crippen LogP contribution >= 0.6 is 0 Å². The highest BCUT2D eigenvalue weighted by Crippen LogP contribution is 2.15. The highest BCUT2D eigenvalue weighted by atomic mass is 16.4. The van der Waals surface area contributed by atoms with Crippen LogP contribution in [0.4, 0.5) is 10.5 Å². The SMILES string of the molecule is CCCCCCCCCCN(C(=O)O)c1ccccc1. The van der Waals surface area contributed by atoms with Crippen molar-refractivity contribution in [1.82, 2.24) is 0 Å². The molecule has 0 bridgehead atoms. The van der Waals surface area contributed by atoms with E-state index in [0.717, 1.165) is 18.5 Å². The average molecular weight is 277 g/mol. The van der Waals surface area contributed by atoms with Gasteiger partial charge in [0, 0.05) is 12.2 Å². The fraction of sp³-hybridized carbons (Fsp3) is 0.588. The molecule has 112 valence electrons. The van der Waals surface area contributed by atoms with Crippen LogP contribution in [0.15, 0.2) is 30.3 Å². The van der Waals surface area contributed by atoms with Crippen molar-refractivity contribution < 1.29 is 9.90 Å². The first-order chi connectivity index (χ1) is 9.75. The maximum atomic E-state index is 11.3.